The van der Waals surface area contributed by atoms with Crippen molar-refractivity contribution in [2.45, 2.75) is 25.9 Å². The molecular formula is C18H24N6O2. The van der Waals surface area contributed by atoms with Crippen molar-refractivity contribution >= 4 is 22.8 Å². The molecule has 26 heavy (non-hydrogen) atoms. The third-order valence-corrected chi connectivity index (χ3v) is 4.71. The molecule has 0 amide bonds. The highest BCUT2D eigenvalue weighted by Crippen LogP contribution is 2.26. The minimum absolute atomic E-state index is 0.334. The van der Waals surface area contributed by atoms with Gasteiger partial charge in [-0.15, -0.1) is 0 Å². The van der Waals surface area contributed by atoms with Gasteiger partial charge in [-0.1, -0.05) is 12.1 Å². The highest BCUT2D eigenvalue weighted by Gasteiger charge is 2.21. The molecular weight excluding hydrogens is 332 g/mol. The molecule has 0 aliphatic carbocycles. The van der Waals surface area contributed by atoms with E-state index in [4.69, 9.17) is 9.47 Å². The van der Waals surface area contributed by atoms with Gasteiger partial charge in [0.25, 0.3) is 0 Å². The van der Waals surface area contributed by atoms with Crippen LogP contribution < -0.4 is 15.4 Å². The minimum Gasteiger partial charge on any atom is -0.494 e. The number of aliphatic imine (C=N–C) groups is 1. The van der Waals surface area contributed by atoms with Crippen molar-refractivity contribution in [1.82, 2.24) is 20.2 Å². The molecule has 0 unspecified atom stereocenters. The number of ether oxygens (including phenoxy) is 2. The standard InChI is InChI=1S/C18H24N6O2/c1-12-14-6-3-7-15(25-2)16(14)22-18(21-12)23-17-19-10-24(11-20-17)9-13-5-4-8-26-13/h3,6-7,13H,4-5,8-11H2,1-2H3,(H2,19,20,21,22,23)/t13-/m1/s1. The Balaban J connectivity index is 1.46. The van der Waals surface area contributed by atoms with E-state index in [9.17, 15) is 0 Å². The summed E-state index contributed by atoms with van der Waals surface area (Å²) in [5.41, 5.74) is 1.69. The van der Waals surface area contributed by atoms with E-state index in [1.165, 1.54) is 0 Å². The second-order valence-corrected chi connectivity index (χ2v) is 6.59. The molecule has 1 atom stereocenters. The Kier molecular flexibility index (Phi) is 4.85. The molecule has 2 aliphatic rings. The number of rotatable bonds is 4. The fourth-order valence-corrected chi connectivity index (χ4v) is 3.35. The van der Waals surface area contributed by atoms with Gasteiger partial charge in [-0.25, -0.2) is 15.0 Å². The van der Waals surface area contributed by atoms with Gasteiger partial charge in [-0.2, -0.15) is 0 Å². The summed E-state index contributed by atoms with van der Waals surface area (Å²) in [6.45, 7) is 5.11. The summed E-state index contributed by atoms with van der Waals surface area (Å²) in [6.07, 6.45) is 2.63. The number of aryl methyl sites for hydroxylation is 1. The topological polar surface area (TPSA) is 83.9 Å². The van der Waals surface area contributed by atoms with Gasteiger partial charge in [-0.3, -0.25) is 10.2 Å². The minimum atomic E-state index is 0.334. The molecule has 138 valence electrons. The van der Waals surface area contributed by atoms with Crippen molar-refractivity contribution in [2.75, 3.05) is 38.9 Å². The number of hydrogen-bond donors (Lipinski definition) is 2. The number of benzene rings is 1. The van der Waals surface area contributed by atoms with Crippen LogP contribution in [0.1, 0.15) is 18.5 Å². The fourth-order valence-electron chi connectivity index (χ4n) is 3.35. The van der Waals surface area contributed by atoms with Crippen LogP contribution in [-0.4, -0.2) is 60.5 Å². The van der Waals surface area contributed by atoms with Crippen LogP contribution in [0.3, 0.4) is 0 Å². The first-order chi connectivity index (χ1) is 12.7. The van der Waals surface area contributed by atoms with Crippen molar-refractivity contribution < 1.29 is 9.47 Å². The van der Waals surface area contributed by atoms with Crippen LogP contribution in [0, 0.1) is 6.92 Å². The summed E-state index contributed by atoms with van der Waals surface area (Å²) in [5, 5.41) is 7.45. The molecule has 8 heteroatoms. The van der Waals surface area contributed by atoms with Crippen LogP contribution >= 0.6 is 0 Å². The van der Waals surface area contributed by atoms with Crippen molar-refractivity contribution in [1.29, 1.82) is 0 Å². The summed E-state index contributed by atoms with van der Waals surface area (Å²) >= 11 is 0. The number of fused-ring (bicyclic) bond motifs is 1. The summed E-state index contributed by atoms with van der Waals surface area (Å²) in [6, 6.07) is 5.84. The quantitative estimate of drug-likeness (QED) is 0.863. The Morgan fingerprint density at radius 3 is 3.04 bits per heavy atom. The monoisotopic (exact) mass is 356 g/mol. The zero-order valence-corrected chi connectivity index (χ0v) is 15.2. The van der Waals surface area contributed by atoms with Crippen LogP contribution in [0.2, 0.25) is 0 Å². The number of nitrogens with one attached hydrogen (secondary N) is 2. The molecule has 1 aromatic heterocycles. The summed E-state index contributed by atoms with van der Waals surface area (Å²) < 4.78 is 11.1. The lowest BCUT2D eigenvalue weighted by Crippen LogP contribution is -2.48. The lowest BCUT2D eigenvalue weighted by molar-refractivity contribution is 0.0715. The predicted molar refractivity (Wildman–Crippen MR) is 100 cm³/mol. The third-order valence-electron chi connectivity index (χ3n) is 4.71. The number of nitrogens with zero attached hydrogens (tertiary/aromatic N) is 4. The Bertz CT molecular complexity index is 819. The van der Waals surface area contributed by atoms with Crippen molar-refractivity contribution in [3.63, 3.8) is 0 Å². The highest BCUT2D eigenvalue weighted by atomic mass is 16.5. The smallest absolute Gasteiger partial charge is 0.230 e. The number of guanidine groups is 1. The van der Waals surface area contributed by atoms with Gasteiger partial charge in [0.1, 0.15) is 11.3 Å². The Morgan fingerprint density at radius 1 is 1.38 bits per heavy atom. The number of methoxy groups -OCH3 is 1. The van der Waals surface area contributed by atoms with E-state index in [0.29, 0.717) is 24.7 Å². The largest absolute Gasteiger partial charge is 0.494 e. The molecule has 3 heterocycles. The average molecular weight is 356 g/mol. The Morgan fingerprint density at radius 2 is 2.31 bits per heavy atom. The predicted octanol–water partition coefficient (Wildman–Crippen LogP) is 1.71. The van der Waals surface area contributed by atoms with E-state index in [1.54, 1.807) is 7.11 Å². The van der Waals surface area contributed by atoms with Gasteiger partial charge >= 0.3 is 0 Å². The average Bonchev–Trinajstić information content (AvgIpc) is 3.16. The van der Waals surface area contributed by atoms with Gasteiger partial charge in [-0.05, 0) is 25.8 Å². The van der Waals surface area contributed by atoms with E-state index in [-0.39, 0.29) is 0 Å². The molecule has 0 saturated carbocycles. The first-order valence-electron chi connectivity index (χ1n) is 8.93. The summed E-state index contributed by atoms with van der Waals surface area (Å²) in [7, 11) is 1.65. The lowest BCUT2D eigenvalue weighted by Gasteiger charge is -2.28. The zero-order valence-electron chi connectivity index (χ0n) is 15.2. The molecule has 2 aromatic rings. The van der Waals surface area contributed by atoms with Crippen LogP contribution in [0.25, 0.3) is 10.9 Å². The maximum absolute atomic E-state index is 5.69. The highest BCUT2D eigenvalue weighted by molar-refractivity contribution is 5.94. The summed E-state index contributed by atoms with van der Waals surface area (Å²) in [4.78, 5) is 15.9. The lowest BCUT2D eigenvalue weighted by atomic mass is 10.2. The maximum Gasteiger partial charge on any atom is 0.230 e. The first-order valence-corrected chi connectivity index (χ1v) is 8.93. The normalized spacial score (nSPS) is 20.7. The van der Waals surface area contributed by atoms with Crippen LogP contribution in [-0.2, 0) is 4.74 Å². The van der Waals surface area contributed by atoms with Crippen molar-refractivity contribution in [3.05, 3.63) is 23.9 Å². The Labute approximate surface area is 152 Å². The van der Waals surface area contributed by atoms with Crippen molar-refractivity contribution in [2.24, 2.45) is 4.99 Å². The third kappa shape index (κ3) is 3.56. The van der Waals surface area contributed by atoms with Crippen molar-refractivity contribution in [3.8, 4) is 5.75 Å². The molecule has 2 aliphatic heterocycles. The van der Waals surface area contributed by atoms with Crippen LogP contribution in [0.4, 0.5) is 5.95 Å². The second-order valence-electron chi connectivity index (χ2n) is 6.59. The fraction of sp³-hybridized carbons (Fsp3) is 0.500. The molecule has 1 aromatic carbocycles. The van der Waals surface area contributed by atoms with Crippen LogP contribution in [0.5, 0.6) is 5.75 Å². The van der Waals surface area contributed by atoms with Gasteiger partial charge in [0, 0.05) is 18.5 Å². The summed E-state index contributed by atoms with van der Waals surface area (Å²) in [5.74, 6) is 1.93. The number of hydrogen-bond acceptors (Lipinski definition) is 8. The maximum atomic E-state index is 5.69. The molecule has 0 radical (unpaired) electrons. The first kappa shape index (κ1) is 17.0. The van der Waals surface area contributed by atoms with Gasteiger partial charge in [0.05, 0.1) is 32.2 Å². The van der Waals surface area contributed by atoms with Gasteiger partial charge in [0.15, 0.2) is 0 Å². The molecule has 1 saturated heterocycles. The molecule has 0 bridgehead atoms. The number of anilines is 1. The van der Waals surface area contributed by atoms with Gasteiger partial charge < -0.3 is 14.8 Å². The molecule has 4 rings (SSSR count). The number of para-hydroxylation sites is 1. The second kappa shape index (κ2) is 7.43. The zero-order chi connectivity index (χ0) is 17.9. The van der Waals surface area contributed by atoms with E-state index < -0.39 is 0 Å². The van der Waals surface area contributed by atoms with E-state index in [0.717, 1.165) is 55.0 Å². The SMILES string of the molecule is COc1cccc2c(C)nc(NC3=NCN(C[C@H]4CCCO4)CN3)nc12. The molecule has 8 nitrogen and oxygen atoms in total. The van der Waals surface area contributed by atoms with Gasteiger partial charge in [0.2, 0.25) is 11.9 Å². The molecule has 2 N–H and O–H groups in total. The Hall–Kier alpha value is -2.45. The number of aromatic nitrogens is 2. The van der Waals surface area contributed by atoms with E-state index in [2.05, 4.69) is 30.5 Å². The van der Waals surface area contributed by atoms with E-state index >= 15 is 0 Å². The van der Waals surface area contributed by atoms with E-state index in [1.807, 2.05) is 25.1 Å². The molecule has 1 fully saturated rings. The molecule has 0 spiro atoms. The van der Waals surface area contributed by atoms with Crippen LogP contribution in [0.15, 0.2) is 23.2 Å².